The van der Waals surface area contributed by atoms with Gasteiger partial charge in [-0.1, -0.05) is 53.9 Å². The second-order valence-electron chi connectivity index (χ2n) is 8.19. The summed E-state index contributed by atoms with van der Waals surface area (Å²) < 4.78 is 10.7. The molecule has 0 aromatic carbocycles. The fourth-order valence-electron chi connectivity index (χ4n) is 2.88. The number of esters is 2. The summed E-state index contributed by atoms with van der Waals surface area (Å²) in [5, 5.41) is 0. The first-order valence-electron chi connectivity index (χ1n) is 10.7. The fraction of sp³-hybridized carbons (Fsp3) is 0.909. The average molecular weight is 371 g/mol. The Morgan fingerprint density at radius 1 is 0.731 bits per heavy atom. The van der Waals surface area contributed by atoms with Crippen molar-refractivity contribution in [2.75, 3.05) is 13.2 Å². The van der Waals surface area contributed by atoms with E-state index in [0.29, 0.717) is 37.9 Å². The molecule has 4 nitrogen and oxygen atoms in total. The molecule has 0 aliphatic carbocycles. The molecular weight excluding hydrogens is 328 g/mol. The van der Waals surface area contributed by atoms with Crippen molar-refractivity contribution in [3.63, 3.8) is 0 Å². The van der Waals surface area contributed by atoms with Crippen molar-refractivity contribution in [1.29, 1.82) is 0 Å². The summed E-state index contributed by atoms with van der Waals surface area (Å²) in [6.07, 6.45) is 8.86. The number of hydrogen-bond donors (Lipinski definition) is 0. The molecular formula is C22H42O4. The summed E-state index contributed by atoms with van der Waals surface area (Å²) >= 11 is 0. The zero-order valence-corrected chi connectivity index (χ0v) is 17.9. The summed E-state index contributed by atoms with van der Waals surface area (Å²) in [6, 6.07) is 0. The van der Waals surface area contributed by atoms with Crippen LogP contribution >= 0.6 is 0 Å². The molecule has 0 aromatic heterocycles. The van der Waals surface area contributed by atoms with Crippen LogP contribution in [0, 0.1) is 17.8 Å². The third-order valence-electron chi connectivity index (χ3n) is 4.53. The molecule has 0 radical (unpaired) electrons. The highest BCUT2D eigenvalue weighted by Gasteiger charge is 2.20. The van der Waals surface area contributed by atoms with Crippen molar-refractivity contribution >= 4 is 11.9 Å². The Balaban J connectivity index is 3.94. The Bertz CT molecular complexity index is 363. The largest absolute Gasteiger partial charge is 0.466 e. The maximum Gasteiger partial charge on any atom is 0.308 e. The van der Waals surface area contributed by atoms with E-state index in [1.54, 1.807) is 0 Å². The van der Waals surface area contributed by atoms with E-state index in [9.17, 15) is 9.59 Å². The van der Waals surface area contributed by atoms with Crippen LogP contribution in [-0.4, -0.2) is 25.2 Å². The summed E-state index contributed by atoms with van der Waals surface area (Å²) in [7, 11) is 0. The van der Waals surface area contributed by atoms with Gasteiger partial charge in [-0.15, -0.1) is 0 Å². The summed E-state index contributed by atoms with van der Waals surface area (Å²) in [5.74, 6) is 0.854. The normalized spacial score (nSPS) is 12.4. The molecule has 1 atom stereocenters. The molecule has 0 aromatic rings. The van der Waals surface area contributed by atoms with E-state index in [1.165, 1.54) is 12.8 Å². The van der Waals surface area contributed by atoms with E-state index in [0.717, 1.165) is 38.5 Å². The van der Waals surface area contributed by atoms with Crippen LogP contribution < -0.4 is 0 Å². The van der Waals surface area contributed by atoms with E-state index >= 15 is 0 Å². The molecule has 0 N–H and O–H groups in total. The highest BCUT2D eigenvalue weighted by molar-refractivity contribution is 5.74. The molecule has 0 amide bonds. The standard InChI is InChI=1S/C22H42O4/c1-6-11-20(22(24)26-17-10-8-13-19(4)5)14-15-21(23)25-16-9-7-12-18(2)3/h18-20H,6-17H2,1-5H3. The van der Waals surface area contributed by atoms with Gasteiger partial charge in [0.25, 0.3) is 0 Å². The Labute approximate surface area is 161 Å². The van der Waals surface area contributed by atoms with Crippen molar-refractivity contribution in [3.05, 3.63) is 0 Å². The number of unbranched alkanes of at least 4 members (excludes halogenated alkanes) is 2. The number of carbonyl (C=O) groups is 2. The monoisotopic (exact) mass is 370 g/mol. The lowest BCUT2D eigenvalue weighted by Crippen LogP contribution is -2.20. The van der Waals surface area contributed by atoms with E-state index in [-0.39, 0.29) is 17.9 Å². The van der Waals surface area contributed by atoms with Crippen LogP contribution in [0.3, 0.4) is 0 Å². The molecule has 0 spiro atoms. The van der Waals surface area contributed by atoms with Crippen LogP contribution in [-0.2, 0) is 19.1 Å². The van der Waals surface area contributed by atoms with Crippen LogP contribution in [0.1, 0.15) is 98.8 Å². The van der Waals surface area contributed by atoms with Gasteiger partial charge in [-0.05, 0) is 50.4 Å². The van der Waals surface area contributed by atoms with Gasteiger partial charge in [-0.2, -0.15) is 0 Å². The third-order valence-corrected chi connectivity index (χ3v) is 4.53. The van der Waals surface area contributed by atoms with E-state index in [2.05, 4.69) is 34.6 Å². The van der Waals surface area contributed by atoms with Crippen LogP contribution in [0.5, 0.6) is 0 Å². The Morgan fingerprint density at radius 3 is 1.77 bits per heavy atom. The zero-order chi connectivity index (χ0) is 19.8. The van der Waals surface area contributed by atoms with Gasteiger partial charge < -0.3 is 9.47 Å². The molecule has 0 heterocycles. The lowest BCUT2D eigenvalue weighted by molar-refractivity contribution is -0.150. The highest BCUT2D eigenvalue weighted by Crippen LogP contribution is 2.17. The third kappa shape index (κ3) is 15.2. The highest BCUT2D eigenvalue weighted by atomic mass is 16.5. The molecule has 0 aliphatic rings. The van der Waals surface area contributed by atoms with Crippen LogP contribution in [0.4, 0.5) is 0 Å². The number of ether oxygens (including phenoxy) is 2. The molecule has 26 heavy (non-hydrogen) atoms. The van der Waals surface area contributed by atoms with Crippen molar-refractivity contribution in [3.8, 4) is 0 Å². The van der Waals surface area contributed by atoms with Gasteiger partial charge in [0.2, 0.25) is 0 Å². The van der Waals surface area contributed by atoms with Gasteiger partial charge in [0.15, 0.2) is 0 Å². The molecule has 0 saturated carbocycles. The Hall–Kier alpha value is -1.06. The number of carbonyl (C=O) groups excluding carboxylic acids is 2. The number of hydrogen-bond acceptors (Lipinski definition) is 4. The van der Waals surface area contributed by atoms with E-state index in [1.807, 2.05) is 0 Å². The topological polar surface area (TPSA) is 52.6 Å². The van der Waals surface area contributed by atoms with Crippen molar-refractivity contribution in [2.45, 2.75) is 98.8 Å². The van der Waals surface area contributed by atoms with Gasteiger partial charge in [0.1, 0.15) is 0 Å². The quantitative estimate of drug-likeness (QED) is 0.250. The van der Waals surface area contributed by atoms with Gasteiger partial charge in [0, 0.05) is 6.42 Å². The summed E-state index contributed by atoms with van der Waals surface area (Å²) in [5.41, 5.74) is 0. The first-order valence-corrected chi connectivity index (χ1v) is 10.7. The van der Waals surface area contributed by atoms with Gasteiger partial charge in [0.05, 0.1) is 19.1 Å². The van der Waals surface area contributed by atoms with Gasteiger partial charge in [-0.25, -0.2) is 0 Å². The minimum Gasteiger partial charge on any atom is -0.466 e. The van der Waals surface area contributed by atoms with Crippen LogP contribution in [0.25, 0.3) is 0 Å². The molecule has 0 bridgehead atoms. The second-order valence-corrected chi connectivity index (χ2v) is 8.19. The zero-order valence-electron chi connectivity index (χ0n) is 17.9. The maximum atomic E-state index is 12.2. The van der Waals surface area contributed by atoms with Crippen LogP contribution in [0.15, 0.2) is 0 Å². The van der Waals surface area contributed by atoms with Gasteiger partial charge in [-0.3, -0.25) is 9.59 Å². The molecule has 0 aliphatic heterocycles. The first kappa shape index (κ1) is 24.9. The molecule has 1 unspecified atom stereocenters. The lowest BCUT2D eigenvalue weighted by atomic mass is 9.98. The average Bonchev–Trinajstić information content (AvgIpc) is 2.57. The minimum absolute atomic E-state index is 0.152. The number of rotatable bonds is 16. The Morgan fingerprint density at radius 2 is 1.27 bits per heavy atom. The SMILES string of the molecule is CCCC(CCC(=O)OCCCCC(C)C)C(=O)OCCCCC(C)C. The smallest absolute Gasteiger partial charge is 0.308 e. The molecule has 154 valence electrons. The van der Waals surface area contributed by atoms with E-state index in [4.69, 9.17) is 9.47 Å². The van der Waals surface area contributed by atoms with Gasteiger partial charge >= 0.3 is 11.9 Å². The lowest BCUT2D eigenvalue weighted by Gasteiger charge is -2.15. The summed E-state index contributed by atoms with van der Waals surface area (Å²) in [4.78, 5) is 24.1. The van der Waals surface area contributed by atoms with Crippen molar-refractivity contribution < 1.29 is 19.1 Å². The Kier molecular flexibility index (Phi) is 15.5. The van der Waals surface area contributed by atoms with Crippen molar-refractivity contribution in [1.82, 2.24) is 0 Å². The molecule has 0 rings (SSSR count). The second kappa shape index (κ2) is 16.1. The molecule has 0 saturated heterocycles. The van der Waals surface area contributed by atoms with Crippen molar-refractivity contribution in [2.24, 2.45) is 17.8 Å². The predicted molar refractivity (Wildman–Crippen MR) is 107 cm³/mol. The maximum absolute atomic E-state index is 12.2. The first-order chi connectivity index (χ1) is 12.4. The predicted octanol–water partition coefficient (Wildman–Crippen LogP) is 5.92. The molecule has 0 fully saturated rings. The molecule has 4 heteroatoms. The summed E-state index contributed by atoms with van der Waals surface area (Å²) in [6.45, 7) is 11.8. The van der Waals surface area contributed by atoms with E-state index < -0.39 is 0 Å². The minimum atomic E-state index is -0.194. The van der Waals surface area contributed by atoms with Crippen LogP contribution in [0.2, 0.25) is 0 Å². The fourth-order valence-corrected chi connectivity index (χ4v) is 2.88.